The first kappa shape index (κ1) is 17.5. The van der Waals surface area contributed by atoms with Gasteiger partial charge in [-0.1, -0.05) is 6.42 Å². The fourth-order valence-corrected chi connectivity index (χ4v) is 3.95. The zero-order valence-corrected chi connectivity index (χ0v) is 15.1. The first-order valence-electron chi connectivity index (χ1n) is 8.76. The summed E-state index contributed by atoms with van der Waals surface area (Å²) in [5.74, 6) is 0.734. The Bertz CT molecular complexity index is 534. The third-order valence-corrected chi connectivity index (χ3v) is 5.78. The van der Waals surface area contributed by atoms with Crippen molar-refractivity contribution in [3.63, 3.8) is 0 Å². The topological polar surface area (TPSA) is 67.4 Å². The van der Waals surface area contributed by atoms with E-state index in [1.54, 1.807) is 6.07 Å². The van der Waals surface area contributed by atoms with Gasteiger partial charge in [0.2, 0.25) is 0 Å². The van der Waals surface area contributed by atoms with Gasteiger partial charge in [0.25, 0.3) is 5.91 Å². The average Bonchev–Trinajstić information content (AvgIpc) is 2.88. The molecule has 7 heteroatoms. The lowest BCUT2D eigenvalue weighted by Gasteiger charge is -2.24. The van der Waals surface area contributed by atoms with Crippen molar-refractivity contribution in [1.82, 2.24) is 15.5 Å². The molecule has 2 aliphatic rings. The van der Waals surface area contributed by atoms with Crippen molar-refractivity contribution in [3.05, 3.63) is 17.8 Å². The van der Waals surface area contributed by atoms with Crippen LogP contribution in [0.15, 0.2) is 12.1 Å². The minimum Gasteiger partial charge on any atom is -0.381 e. The summed E-state index contributed by atoms with van der Waals surface area (Å²) in [4.78, 5) is 14.6. The van der Waals surface area contributed by atoms with Crippen molar-refractivity contribution in [3.8, 4) is 0 Å². The summed E-state index contributed by atoms with van der Waals surface area (Å²) in [5.41, 5.74) is 0.390. The van der Waals surface area contributed by atoms with Gasteiger partial charge in [0, 0.05) is 37.6 Å². The van der Waals surface area contributed by atoms with E-state index in [1.165, 1.54) is 19.3 Å². The number of carbonyl (C=O) groups is 1. The second-order valence-corrected chi connectivity index (χ2v) is 7.57. The Balaban J connectivity index is 1.60. The molecule has 0 radical (unpaired) electrons. The summed E-state index contributed by atoms with van der Waals surface area (Å²) in [7, 11) is 0. The van der Waals surface area contributed by atoms with Crippen LogP contribution in [0.2, 0.25) is 0 Å². The van der Waals surface area contributed by atoms with E-state index in [2.05, 4.69) is 26.7 Å². The van der Waals surface area contributed by atoms with Gasteiger partial charge >= 0.3 is 0 Å². The second-order valence-electron chi connectivity index (χ2n) is 6.44. The van der Waals surface area contributed by atoms with Gasteiger partial charge in [-0.25, -0.2) is 0 Å². The van der Waals surface area contributed by atoms with E-state index in [-0.39, 0.29) is 11.9 Å². The highest BCUT2D eigenvalue weighted by atomic mass is 32.2. The van der Waals surface area contributed by atoms with Gasteiger partial charge in [-0.2, -0.15) is 11.8 Å². The van der Waals surface area contributed by atoms with Gasteiger partial charge in [-0.05, 0) is 44.1 Å². The number of carbonyl (C=O) groups excluding carboxylic acids is 1. The molecular formula is C17H26N4O2S. The van der Waals surface area contributed by atoms with Gasteiger partial charge in [-0.3, -0.25) is 4.79 Å². The summed E-state index contributed by atoms with van der Waals surface area (Å²) >= 11 is 1.92. The summed E-state index contributed by atoms with van der Waals surface area (Å²) < 4.78 is 5.31. The number of ether oxygens (including phenoxy) is 1. The van der Waals surface area contributed by atoms with Crippen LogP contribution in [0.25, 0.3) is 0 Å². The minimum absolute atomic E-state index is 0.140. The number of thioether (sulfide) groups is 1. The van der Waals surface area contributed by atoms with E-state index in [0.717, 1.165) is 31.7 Å². The first-order chi connectivity index (χ1) is 11.8. The fraction of sp³-hybridized carbons (Fsp3) is 0.706. The second kappa shape index (κ2) is 8.67. The van der Waals surface area contributed by atoms with Crippen LogP contribution in [0.3, 0.4) is 0 Å². The summed E-state index contributed by atoms with van der Waals surface area (Å²) in [6.45, 7) is 3.44. The molecule has 1 aromatic heterocycles. The number of hydrogen-bond acceptors (Lipinski definition) is 6. The third kappa shape index (κ3) is 4.60. The van der Waals surface area contributed by atoms with E-state index in [1.807, 2.05) is 17.8 Å². The molecule has 2 fully saturated rings. The third-order valence-electron chi connectivity index (χ3n) is 4.73. The maximum Gasteiger partial charge on any atom is 0.272 e. The zero-order valence-electron chi connectivity index (χ0n) is 14.2. The van der Waals surface area contributed by atoms with Crippen LogP contribution in [-0.2, 0) is 4.74 Å². The summed E-state index contributed by atoms with van der Waals surface area (Å²) in [6.07, 6.45) is 7.61. The molecule has 1 aromatic rings. The van der Waals surface area contributed by atoms with Gasteiger partial charge in [-0.15, -0.1) is 10.2 Å². The molecule has 6 nitrogen and oxygen atoms in total. The molecule has 0 bridgehead atoms. The summed E-state index contributed by atoms with van der Waals surface area (Å²) in [5, 5.41) is 12.1. The fourth-order valence-electron chi connectivity index (χ4n) is 3.22. The zero-order chi connectivity index (χ0) is 16.8. The number of nitrogens with one attached hydrogen (secondary N) is 1. The molecule has 1 N–H and O–H groups in total. The lowest BCUT2D eigenvalue weighted by Crippen LogP contribution is -2.39. The Kier molecular flexibility index (Phi) is 6.31. The predicted octanol–water partition coefficient (Wildman–Crippen LogP) is 2.11. The van der Waals surface area contributed by atoms with Crippen molar-refractivity contribution in [1.29, 1.82) is 0 Å². The molecule has 0 spiro atoms. The molecular weight excluding hydrogens is 324 g/mol. The molecule has 3 rings (SSSR count). The normalized spacial score (nSPS) is 22.9. The van der Waals surface area contributed by atoms with Crippen LogP contribution >= 0.6 is 11.8 Å². The maximum atomic E-state index is 12.3. The first-order valence-corrected chi connectivity index (χ1v) is 10.0. The average molecular weight is 350 g/mol. The standard InChI is InChI=1S/C17H26N4O2S/c1-24-14-4-2-3-9-21(12-14)16-6-5-15(19-20-16)17(22)18-13-7-10-23-11-8-13/h5-6,13-14H,2-4,7-12H2,1H3,(H,18,22). The number of aromatic nitrogens is 2. The Morgan fingerprint density at radius 1 is 1.25 bits per heavy atom. The quantitative estimate of drug-likeness (QED) is 0.897. The predicted molar refractivity (Wildman–Crippen MR) is 96.7 cm³/mol. The highest BCUT2D eigenvalue weighted by Crippen LogP contribution is 2.23. The van der Waals surface area contributed by atoms with Crippen molar-refractivity contribution >= 4 is 23.5 Å². The van der Waals surface area contributed by atoms with Crippen molar-refractivity contribution < 1.29 is 9.53 Å². The number of amides is 1. The Morgan fingerprint density at radius 2 is 2.08 bits per heavy atom. The van der Waals surface area contributed by atoms with Crippen LogP contribution < -0.4 is 10.2 Å². The lowest BCUT2D eigenvalue weighted by atomic mass is 10.1. The molecule has 1 unspecified atom stereocenters. The molecule has 0 aliphatic carbocycles. The smallest absolute Gasteiger partial charge is 0.272 e. The van der Waals surface area contributed by atoms with Crippen LogP contribution in [0, 0.1) is 0 Å². The molecule has 2 aliphatic heterocycles. The Morgan fingerprint density at radius 3 is 2.79 bits per heavy atom. The Hall–Kier alpha value is -1.34. The number of hydrogen-bond donors (Lipinski definition) is 1. The SMILES string of the molecule is CSC1CCCCN(c2ccc(C(=O)NC3CCOCC3)nn2)C1. The molecule has 2 saturated heterocycles. The highest BCUT2D eigenvalue weighted by Gasteiger charge is 2.21. The number of nitrogens with zero attached hydrogens (tertiary/aromatic N) is 3. The van der Waals surface area contributed by atoms with Crippen LogP contribution in [0.1, 0.15) is 42.6 Å². The number of rotatable bonds is 4. The van der Waals surface area contributed by atoms with E-state index in [9.17, 15) is 4.79 Å². The minimum atomic E-state index is -0.140. The highest BCUT2D eigenvalue weighted by molar-refractivity contribution is 7.99. The van der Waals surface area contributed by atoms with Crippen molar-refractivity contribution in [2.45, 2.75) is 43.4 Å². The van der Waals surface area contributed by atoms with Crippen molar-refractivity contribution in [2.75, 3.05) is 37.5 Å². The van der Waals surface area contributed by atoms with Gasteiger partial charge in [0.15, 0.2) is 11.5 Å². The molecule has 1 atom stereocenters. The van der Waals surface area contributed by atoms with Gasteiger partial charge < -0.3 is 15.0 Å². The molecule has 0 saturated carbocycles. The molecule has 1 amide bonds. The molecule has 24 heavy (non-hydrogen) atoms. The van der Waals surface area contributed by atoms with E-state index in [4.69, 9.17) is 4.74 Å². The van der Waals surface area contributed by atoms with Crippen LogP contribution in [0.4, 0.5) is 5.82 Å². The molecule has 132 valence electrons. The lowest BCUT2D eigenvalue weighted by molar-refractivity contribution is 0.0693. The van der Waals surface area contributed by atoms with Crippen LogP contribution in [0.5, 0.6) is 0 Å². The summed E-state index contributed by atoms with van der Waals surface area (Å²) in [6, 6.07) is 3.89. The monoisotopic (exact) mass is 350 g/mol. The van der Waals surface area contributed by atoms with E-state index >= 15 is 0 Å². The maximum absolute atomic E-state index is 12.3. The number of anilines is 1. The molecule has 0 aromatic carbocycles. The Labute approximate surface area is 147 Å². The van der Waals surface area contributed by atoms with E-state index < -0.39 is 0 Å². The van der Waals surface area contributed by atoms with Crippen molar-refractivity contribution in [2.24, 2.45) is 0 Å². The van der Waals surface area contributed by atoms with Gasteiger partial charge in [0.05, 0.1) is 0 Å². The van der Waals surface area contributed by atoms with Gasteiger partial charge in [0.1, 0.15) is 0 Å². The largest absolute Gasteiger partial charge is 0.381 e. The molecule has 3 heterocycles. The van der Waals surface area contributed by atoms with Crippen LogP contribution in [-0.4, -0.2) is 60.0 Å². The van der Waals surface area contributed by atoms with E-state index in [0.29, 0.717) is 24.2 Å².